The monoisotopic (exact) mass is 363 g/mol. The highest BCUT2D eigenvalue weighted by Crippen LogP contribution is 2.32. The van der Waals surface area contributed by atoms with Crippen LogP contribution >= 0.6 is 0 Å². The van der Waals surface area contributed by atoms with Gasteiger partial charge in [0.2, 0.25) is 0 Å². The van der Waals surface area contributed by atoms with Crippen LogP contribution in [0.5, 0.6) is 0 Å². The lowest BCUT2D eigenvalue weighted by atomic mass is 10.0. The fraction of sp³-hybridized carbons (Fsp3) is 0.235. The first-order valence-corrected chi connectivity index (χ1v) is 9.31. The van der Waals surface area contributed by atoms with Gasteiger partial charge in [0.25, 0.3) is 10.0 Å². The summed E-state index contributed by atoms with van der Waals surface area (Å²) in [5.74, 6) is -1.03. The number of hydrogen-bond donors (Lipinski definition) is 1. The van der Waals surface area contributed by atoms with Gasteiger partial charge in [-0.2, -0.15) is 8.42 Å². The second-order valence-electron chi connectivity index (χ2n) is 6.05. The standard InChI is InChI=1S/C17H15F2N3O2S/c18-12-8-11-4-3-7-22(17(11)13(19)9-12)10-16-20-14-5-1-2-6-15(14)25(23,24)21-16/h1-2,5-6,8-9H,3-4,7,10H2,(H,20,21). The molecular weight excluding hydrogens is 348 g/mol. The number of anilines is 2. The molecule has 0 aromatic heterocycles. The summed E-state index contributed by atoms with van der Waals surface area (Å²) in [4.78, 5) is 1.81. The van der Waals surface area contributed by atoms with Crippen LogP contribution in [0.2, 0.25) is 0 Å². The van der Waals surface area contributed by atoms with Crippen LogP contribution in [0.15, 0.2) is 45.7 Å². The lowest BCUT2D eigenvalue weighted by Crippen LogP contribution is -2.39. The zero-order valence-electron chi connectivity index (χ0n) is 13.2. The van der Waals surface area contributed by atoms with Gasteiger partial charge in [0.1, 0.15) is 22.4 Å². The largest absolute Gasteiger partial charge is 0.361 e. The van der Waals surface area contributed by atoms with Crippen LogP contribution < -0.4 is 10.2 Å². The first-order chi connectivity index (χ1) is 11.9. The van der Waals surface area contributed by atoms with Gasteiger partial charge in [-0.15, -0.1) is 4.40 Å². The molecule has 25 heavy (non-hydrogen) atoms. The highest BCUT2D eigenvalue weighted by molar-refractivity contribution is 7.90. The molecular formula is C17H15F2N3O2S. The fourth-order valence-electron chi connectivity index (χ4n) is 3.31. The minimum atomic E-state index is -3.79. The molecule has 2 aliphatic rings. The predicted molar refractivity (Wildman–Crippen MR) is 91.6 cm³/mol. The number of aryl methyl sites for hydroxylation is 1. The molecule has 0 amide bonds. The van der Waals surface area contributed by atoms with E-state index in [9.17, 15) is 17.2 Å². The van der Waals surface area contributed by atoms with Gasteiger partial charge in [0.05, 0.1) is 17.9 Å². The number of para-hydroxylation sites is 1. The third-order valence-electron chi connectivity index (χ3n) is 4.31. The number of amidine groups is 1. The van der Waals surface area contributed by atoms with Crippen LogP contribution in [-0.2, 0) is 16.4 Å². The van der Waals surface area contributed by atoms with Crippen molar-refractivity contribution in [2.75, 3.05) is 23.3 Å². The van der Waals surface area contributed by atoms with Gasteiger partial charge in [0, 0.05) is 12.6 Å². The van der Waals surface area contributed by atoms with Crippen LogP contribution in [0.1, 0.15) is 12.0 Å². The van der Waals surface area contributed by atoms with E-state index < -0.39 is 21.7 Å². The highest BCUT2D eigenvalue weighted by atomic mass is 32.2. The molecule has 5 nitrogen and oxygen atoms in total. The summed E-state index contributed by atoms with van der Waals surface area (Å²) in [5, 5.41) is 2.99. The molecule has 130 valence electrons. The highest BCUT2D eigenvalue weighted by Gasteiger charge is 2.28. The van der Waals surface area contributed by atoms with Gasteiger partial charge in [-0.1, -0.05) is 12.1 Å². The maximum atomic E-state index is 14.3. The van der Waals surface area contributed by atoms with Crippen molar-refractivity contribution in [3.8, 4) is 0 Å². The van der Waals surface area contributed by atoms with E-state index in [-0.39, 0.29) is 17.3 Å². The Morgan fingerprint density at radius 2 is 2.00 bits per heavy atom. The van der Waals surface area contributed by atoms with Crippen LogP contribution in [0.4, 0.5) is 20.2 Å². The topological polar surface area (TPSA) is 61.8 Å². The van der Waals surface area contributed by atoms with E-state index >= 15 is 0 Å². The Labute approximate surface area is 144 Å². The minimum Gasteiger partial charge on any atom is -0.361 e. The Balaban J connectivity index is 1.68. The summed E-state index contributed by atoms with van der Waals surface area (Å²) >= 11 is 0. The number of benzene rings is 2. The minimum absolute atomic E-state index is 0.100. The molecule has 0 aliphatic carbocycles. The Hall–Kier alpha value is -2.48. The van der Waals surface area contributed by atoms with Gasteiger partial charge >= 0.3 is 0 Å². The number of sulfonamides is 1. The number of rotatable bonds is 2. The van der Waals surface area contributed by atoms with E-state index in [0.717, 1.165) is 12.5 Å². The average molecular weight is 363 g/mol. The van der Waals surface area contributed by atoms with E-state index in [2.05, 4.69) is 9.71 Å². The molecule has 2 aromatic rings. The second kappa shape index (κ2) is 5.80. The lowest BCUT2D eigenvalue weighted by molar-refractivity contribution is 0.567. The Kier molecular flexibility index (Phi) is 3.72. The molecule has 2 heterocycles. The summed E-state index contributed by atoms with van der Waals surface area (Å²) in [7, 11) is -3.79. The van der Waals surface area contributed by atoms with Gasteiger partial charge in [-0.25, -0.2) is 8.78 Å². The smallest absolute Gasteiger partial charge is 0.286 e. The van der Waals surface area contributed by atoms with Crippen LogP contribution in [0.25, 0.3) is 0 Å². The Bertz CT molecular complexity index is 989. The summed E-state index contributed by atoms with van der Waals surface area (Å²) in [6.45, 7) is 0.640. The molecule has 0 saturated carbocycles. The predicted octanol–water partition coefficient (Wildman–Crippen LogP) is 2.93. The Morgan fingerprint density at radius 3 is 2.84 bits per heavy atom. The molecule has 0 bridgehead atoms. The maximum Gasteiger partial charge on any atom is 0.286 e. The van der Waals surface area contributed by atoms with Crippen LogP contribution in [-0.4, -0.2) is 27.3 Å². The van der Waals surface area contributed by atoms with E-state index in [4.69, 9.17) is 0 Å². The quantitative estimate of drug-likeness (QED) is 0.891. The van der Waals surface area contributed by atoms with Gasteiger partial charge in [-0.3, -0.25) is 0 Å². The Morgan fingerprint density at radius 1 is 1.20 bits per heavy atom. The summed E-state index contributed by atoms with van der Waals surface area (Å²) in [6, 6.07) is 8.66. The zero-order valence-corrected chi connectivity index (χ0v) is 14.0. The van der Waals surface area contributed by atoms with Gasteiger partial charge in [-0.05, 0) is 36.6 Å². The summed E-state index contributed by atoms with van der Waals surface area (Å²) in [5.41, 5.74) is 1.35. The van der Waals surface area contributed by atoms with Crippen molar-refractivity contribution < 1.29 is 17.2 Å². The van der Waals surface area contributed by atoms with Gasteiger partial charge < -0.3 is 10.2 Å². The molecule has 2 aromatic carbocycles. The lowest BCUT2D eigenvalue weighted by Gasteiger charge is -2.32. The molecule has 0 unspecified atom stereocenters. The van der Waals surface area contributed by atoms with Crippen molar-refractivity contribution >= 4 is 27.2 Å². The SMILES string of the molecule is O=S1(=O)N=C(CN2CCCc3cc(F)cc(F)c32)Nc2ccccc21. The number of nitrogens with zero attached hydrogens (tertiary/aromatic N) is 2. The van der Waals surface area contributed by atoms with Crippen LogP contribution in [0.3, 0.4) is 0 Å². The number of hydrogen-bond acceptors (Lipinski definition) is 4. The summed E-state index contributed by atoms with van der Waals surface area (Å²) < 4.78 is 56.1. The number of halogens is 2. The van der Waals surface area contributed by atoms with E-state index in [1.165, 1.54) is 12.1 Å². The maximum absolute atomic E-state index is 14.3. The molecule has 0 saturated heterocycles. The van der Waals surface area contributed by atoms with Crippen molar-refractivity contribution in [1.29, 1.82) is 0 Å². The van der Waals surface area contributed by atoms with E-state index in [1.807, 2.05) is 0 Å². The normalized spacial score (nSPS) is 18.0. The van der Waals surface area contributed by atoms with Crippen molar-refractivity contribution in [1.82, 2.24) is 0 Å². The van der Waals surface area contributed by atoms with Crippen LogP contribution in [0, 0.1) is 11.6 Å². The second-order valence-corrected chi connectivity index (χ2v) is 7.63. The van der Waals surface area contributed by atoms with Crippen molar-refractivity contribution in [2.45, 2.75) is 17.7 Å². The van der Waals surface area contributed by atoms with Crippen molar-refractivity contribution in [3.63, 3.8) is 0 Å². The zero-order chi connectivity index (χ0) is 17.6. The summed E-state index contributed by atoms with van der Waals surface area (Å²) in [6.07, 6.45) is 1.31. The molecule has 0 fully saturated rings. The third-order valence-corrected chi connectivity index (χ3v) is 5.68. The number of nitrogens with one attached hydrogen (secondary N) is 1. The van der Waals surface area contributed by atoms with Crippen molar-refractivity contribution in [2.24, 2.45) is 4.40 Å². The fourth-order valence-corrected chi connectivity index (χ4v) is 4.45. The van der Waals surface area contributed by atoms with Gasteiger partial charge in [0.15, 0.2) is 0 Å². The third kappa shape index (κ3) is 2.86. The first-order valence-electron chi connectivity index (χ1n) is 7.87. The van der Waals surface area contributed by atoms with E-state index in [0.29, 0.717) is 29.9 Å². The van der Waals surface area contributed by atoms with Crippen molar-refractivity contribution in [3.05, 3.63) is 53.6 Å². The number of fused-ring (bicyclic) bond motifs is 2. The molecule has 0 atom stereocenters. The molecule has 2 aliphatic heterocycles. The molecule has 0 spiro atoms. The molecule has 4 rings (SSSR count). The molecule has 0 radical (unpaired) electrons. The average Bonchev–Trinajstić information content (AvgIpc) is 2.54. The molecule has 8 heteroatoms. The molecule has 1 N–H and O–H groups in total. The van der Waals surface area contributed by atoms with E-state index in [1.54, 1.807) is 23.1 Å². The first kappa shape index (κ1) is 16.0.